The van der Waals surface area contributed by atoms with Crippen molar-refractivity contribution in [3.8, 4) is 0 Å². The van der Waals surface area contributed by atoms with Crippen molar-refractivity contribution in [3.05, 3.63) is 35.9 Å². The Bertz CT molecular complexity index is 163. The van der Waals surface area contributed by atoms with Crippen molar-refractivity contribution >= 4 is 0 Å². The molecule has 0 amide bonds. The van der Waals surface area contributed by atoms with E-state index in [1.807, 2.05) is 18.2 Å². The fourth-order valence-electron chi connectivity index (χ4n) is 0.534. The lowest BCUT2D eigenvalue weighted by molar-refractivity contribution is 0.886. The van der Waals surface area contributed by atoms with Gasteiger partial charge >= 0.3 is 0 Å². The van der Waals surface area contributed by atoms with E-state index in [0.29, 0.717) is 0 Å². The second kappa shape index (κ2) is 14.7. The summed E-state index contributed by atoms with van der Waals surface area (Å²) in [6.07, 6.45) is 3.89. The summed E-state index contributed by atoms with van der Waals surface area (Å²) in [7, 11) is 0. The molecule has 14 heavy (non-hydrogen) atoms. The molecule has 0 N–H and O–H groups in total. The van der Waals surface area contributed by atoms with Gasteiger partial charge in [0.1, 0.15) is 0 Å². The third-order valence-electron chi connectivity index (χ3n) is 1.44. The van der Waals surface area contributed by atoms with Crippen LogP contribution in [-0.4, -0.2) is 0 Å². The van der Waals surface area contributed by atoms with Crippen LogP contribution in [-0.2, 0) is 0 Å². The zero-order valence-electron chi connectivity index (χ0n) is 10.5. The SMILES string of the molecule is CCC.CCCC.Cc1ccccc1. The van der Waals surface area contributed by atoms with Gasteiger partial charge in [0.25, 0.3) is 0 Å². The molecule has 1 rings (SSSR count). The zero-order chi connectivity index (χ0) is 11.2. The predicted molar refractivity (Wildman–Crippen MR) is 67.7 cm³/mol. The van der Waals surface area contributed by atoms with Crippen LogP contribution in [0.15, 0.2) is 30.3 Å². The van der Waals surface area contributed by atoms with Gasteiger partial charge in [-0.1, -0.05) is 82.9 Å². The molecule has 0 aliphatic heterocycles. The Balaban J connectivity index is 0. The quantitative estimate of drug-likeness (QED) is 0.575. The van der Waals surface area contributed by atoms with Crippen LogP contribution in [0.25, 0.3) is 0 Å². The minimum Gasteiger partial charge on any atom is -0.0656 e. The van der Waals surface area contributed by atoms with Gasteiger partial charge in [0, 0.05) is 0 Å². The van der Waals surface area contributed by atoms with Crippen LogP contribution in [0.5, 0.6) is 0 Å². The van der Waals surface area contributed by atoms with Crippen LogP contribution < -0.4 is 0 Å². The van der Waals surface area contributed by atoms with Gasteiger partial charge in [-0.2, -0.15) is 0 Å². The molecule has 82 valence electrons. The number of hydrogen-bond acceptors (Lipinski definition) is 0. The van der Waals surface area contributed by atoms with Gasteiger partial charge in [-0.15, -0.1) is 0 Å². The summed E-state index contributed by atoms with van der Waals surface area (Å²) in [6, 6.07) is 10.3. The Morgan fingerprint density at radius 3 is 1.29 bits per heavy atom. The lowest BCUT2D eigenvalue weighted by Gasteiger charge is -1.82. The fraction of sp³-hybridized carbons (Fsp3) is 0.571. The van der Waals surface area contributed by atoms with E-state index in [2.05, 4.69) is 46.8 Å². The van der Waals surface area contributed by atoms with Gasteiger partial charge in [-0.05, 0) is 6.92 Å². The maximum absolute atomic E-state index is 2.18. The smallest absolute Gasteiger partial charge is 0.0398 e. The Morgan fingerprint density at radius 1 is 0.786 bits per heavy atom. The van der Waals surface area contributed by atoms with Crippen LogP contribution in [0.3, 0.4) is 0 Å². The van der Waals surface area contributed by atoms with Crippen LogP contribution in [0.1, 0.15) is 52.5 Å². The molecule has 0 aliphatic carbocycles. The summed E-state index contributed by atoms with van der Waals surface area (Å²) >= 11 is 0. The average molecular weight is 194 g/mol. The van der Waals surface area contributed by atoms with Gasteiger partial charge in [-0.25, -0.2) is 0 Å². The van der Waals surface area contributed by atoms with E-state index >= 15 is 0 Å². The number of hydrogen-bond donors (Lipinski definition) is 0. The van der Waals surface area contributed by atoms with E-state index < -0.39 is 0 Å². The average Bonchev–Trinajstić information content (AvgIpc) is 2.21. The molecular weight excluding hydrogens is 168 g/mol. The lowest BCUT2D eigenvalue weighted by Crippen LogP contribution is -1.62. The van der Waals surface area contributed by atoms with E-state index in [1.54, 1.807) is 0 Å². The molecule has 0 saturated heterocycles. The summed E-state index contributed by atoms with van der Waals surface area (Å²) in [6.45, 7) is 10.7. The lowest BCUT2D eigenvalue weighted by atomic mass is 10.2. The first-order valence-electron chi connectivity index (χ1n) is 5.74. The minimum atomic E-state index is 1.25. The van der Waals surface area contributed by atoms with Crippen LogP contribution in [0.2, 0.25) is 0 Å². The van der Waals surface area contributed by atoms with E-state index in [4.69, 9.17) is 0 Å². The van der Waals surface area contributed by atoms with Crippen LogP contribution in [0, 0.1) is 6.92 Å². The van der Waals surface area contributed by atoms with Crippen molar-refractivity contribution in [2.24, 2.45) is 0 Å². The molecule has 0 bridgehead atoms. The fourth-order valence-corrected chi connectivity index (χ4v) is 0.534. The van der Waals surface area contributed by atoms with Crippen LogP contribution in [0.4, 0.5) is 0 Å². The number of benzene rings is 1. The third kappa shape index (κ3) is 17.3. The van der Waals surface area contributed by atoms with Gasteiger partial charge in [0.05, 0.1) is 0 Å². The molecule has 0 fully saturated rings. The molecule has 1 aromatic carbocycles. The highest BCUT2D eigenvalue weighted by atomic mass is 13.8. The Hall–Kier alpha value is -0.780. The van der Waals surface area contributed by atoms with Crippen molar-refractivity contribution in [3.63, 3.8) is 0 Å². The normalized spacial score (nSPS) is 7.79. The van der Waals surface area contributed by atoms with Crippen molar-refractivity contribution < 1.29 is 0 Å². The second-order valence-corrected chi connectivity index (χ2v) is 3.36. The molecule has 0 heterocycles. The molecule has 0 aliphatic rings. The summed E-state index contributed by atoms with van der Waals surface area (Å²) in [5, 5.41) is 0. The topological polar surface area (TPSA) is 0 Å². The summed E-state index contributed by atoms with van der Waals surface area (Å²) < 4.78 is 0. The van der Waals surface area contributed by atoms with Crippen molar-refractivity contribution in [1.29, 1.82) is 0 Å². The van der Waals surface area contributed by atoms with Crippen molar-refractivity contribution in [1.82, 2.24) is 0 Å². The Kier molecular flexibility index (Phi) is 16.5. The van der Waals surface area contributed by atoms with Crippen molar-refractivity contribution in [2.75, 3.05) is 0 Å². The van der Waals surface area contributed by atoms with Gasteiger partial charge in [-0.3, -0.25) is 0 Å². The highest BCUT2D eigenvalue weighted by Crippen LogP contribution is 1.92. The largest absolute Gasteiger partial charge is 0.0656 e. The molecule has 0 spiro atoms. The van der Waals surface area contributed by atoms with Gasteiger partial charge < -0.3 is 0 Å². The van der Waals surface area contributed by atoms with E-state index in [-0.39, 0.29) is 0 Å². The third-order valence-corrected chi connectivity index (χ3v) is 1.44. The number of rotatable bonds is 1. The summed E-state index contributed by atoms with van der Waals surface area (Å²) in [4.78, 5) is 0. The first kappa shape index (κ1) is 15.7. The Labute approximate surface area is 90.4 Å². The Morgan fingerprint density at radius 2 is 1.14 bits per heavy atom. The molecule has 0 saturated carbocycles. The van der Waals surface area contributed by atoms with E-state index in [9.17, 15) is 0 Å². The molecule has 0 heteroatoms. The summed E-state index contributed by atoms with van der Waals surface area (Å²) in [5.41, 5.74) is 1.32. The maximum Gasteiger partial charge on any atom is -0.0398 e. The van der Waals surface area contributed by atoms with Crippen molar-refractivity contribution in [2.45, 2.75) is 53.9 Å². The highest BCUT2D eigenvalue weighted by Gasteiger charge is 1.72. The molecule has 0 unspecified atom stereocenters. The van der Waals surface area contributed by atoms with Gasteiger partial charge in [0.15, 0.2) is 0 Å². The maximum atomic E-state index is 2.18. The molecule has 0 nitrogen and oxygen atoms in total. The first-order chi connectivity index (χ1) is 6.72. The summed E-state index contributed by atoms with van der Waals surface area (Å²) in [5.74, 6) is 0. The molecule has 0 aromatic heterocycles. The zero-order valence-corrected chi connectivity index (χ0v) is 10.5. The standard InChI is InChI=1S/C7H8.C4H10.C3H8/c1-7-5-3-2-4-6-7;1-3-4-2;1-3-2/h2-6H,1H3;3-4H2,1-2H3;3H2,1-2H3. The van der Waals surface area contributed by atoms with E-state index in [1.165, 1.54) is 24.8 Å². The number of unbranched alkanes of at least 4 members (excludes halogenated alkanes) is 1. The van der Waals surface area contributed by atoms with Crippen LogP contribution >= 0.6 is 0 Å². The van der Waals surface area contributed by atoms with Gasteiger partial charge in [0.2, 0.25) is 0 Å². The van der Waals surface area contributed by atoms with E-state index in [0.717, 1.165) is 0 Å². The molecule has 0 atom stereocenters. The monoisotopic (exact) mass is 194 g/mol. The first-order valence-corrected chi connectivity index (χ1v) is 5.74. The predicted octanol–water partition coefficient (Wildman–Crippen LogP) is 5.22. The molecule has 1 aromatic rings. The molecule has 0 radical (unpaired) electrons. The second-order valence-electron chi connectivity index (χ2n) is 3.36. The highest BCUT2D eigenvalue weighted by molar-refractivity contribution is 5.11. The number of aryl methyl sites for hydroxylation is 1. The molecular formula is C14H26. The minimum absolute atomic E-state index is 1.25.